The maximum absolute atomic E-state index is 12.4. The van der Waals surface area contributed by atoms with Gasteiger partial charge in [-0.15, -0.1) is 0 Å². The number of benzene rings is 2. The summed E-state index contributed by atoms with van der Waals surface area (Å²) in [5, 5.41) is 21.2. The van der Waals surface area contributed by atoms with Crippen LogP contribution in [-0.4, -0.2) is 44.3 Å². The normalized spacial score (nSPS) is 15.0. The molecule has 0 bridgehead atoms. The Labute approximate surface area is 290 Å². The molecule has 0 saturated carbocycles. The van der Waals surface area contributed by atoms with Gasteiger partial charge in [-0.05, 0) is 59.8 Å². The third-order valence-electron chi connectivity index (χ3n) is 7.07. The molecule has 47 heavy (non-hydrogen) atoms. The molecule has 2 aromatic carbocycles. The summed E-state index contributed by atoms with van der Waals surface area (Å²) in [7, 11) is -8.77. The Morgan fingerprint density at radius 3 is 0.894 bits per heavy atom. The minimum atomic E-state index is -4.39. The minimum Gasteiger partial charge on any atom is -0.507 e. The molecular weight excluding hydrogens is 689 g/mol. The fraction of sp³-hybridized carbons (Fsp3) is 0.588. The van der Waals surface area contributed by atoms with Crippen LogP contribution in [0.4, 0.5) is 0 Å². The second kappa shape index (κ2) is 15.8. The molecule has 270 valence electrons. The molecule has 2 atom stereocenters. The largest absolute Gasteiger partial charge is 0.507 e. The summed E-state index contributed by atoms with van der Waals surface area (Å²) in [5.41, 5.74) is -1.20. The van der Waals surface area contributed by atoms with Crippen molar-refractivity contribution in [1.29, 1.82) is 0 Å². The van der Waals surface area contributed by atoms with Crippen molar-refractivity contribution < 1.29 is 64.3 Å². The first-order chi connectivity index (χ1) is 20.4. The van der Waals surface area contributed by atoms with Crippen LogP contribution in [-0.2, 0) is 56.3 Å². The molecule has 0 radical (unpaired) electrons. The monoisotopic (exact) mass is 742 g/mol. The van der Waals surface area contributed by atoms with Crippen LogP contribution in [0.1, 0.15) is 140 Å². The van der Waals surface area contributed by atoms with E-state index in [2.05, 4.69) is 0 Å². The van der Waals surface area contributed by atoms with E-state index < -0.39 is 47.9 Å². The van der Waals surface area contributed by atoms with Crippen molar-refractivity contribution in [3.05, 3.63) is 57.6 Å². The molecule has 4 N–H and O–H groups in total. The number of rotatable bonds is 8. The standard InChI is InChI=1S/2C17H27O5P.Ni/c2*1-8-22-23(20,21)15(19)11-9-12(16(2,3)4)14(18)13(10-11)17(5,6)7;/h2*9-10,18H,8H2,1-7H3,(H,20,21);. The molecule has 0 spiro atoms. The predicted octanol–water partition coefficient (Wildman–Crippen LogP) is 8.70. The molecule has 0 aliphatic carbocycles. The molecule has 0 heterocycles. The third-order valence-corrected chi connectivity index (χ3v) is 9.83. The maximum Gasteiger partial charge on any atom is 0.399 e. The van der Waals surface area contributed by atoms with Gasteiger partial charge in [-0.1, -0.05) is 83.1 Å². The van der Waals surface area contributed by atoms with Crippen LogP contribution in [0.3, 0.4) is 0 Å². The van der Waals surface area contributed by atoms with Crippen molar-refractivity contribution in [1.82, 2.24) is 0 Å². The molecular formula is C34H54NiO10P2. The van der Waals surface area contributed by atoms with Crippen LogP contribution < -0.4 is 0 Å². The van der Waals surface area contributed by atoms with Gasteiger partial charge in [0, 0.05) is 49.9 Å². The van der Waals surface area contributed by atoms with Gasteiger partial charge in [-0.3, -0.25) is 18.7 Å². The second-order valence-corrected chi connectivity index (χ2v) is 18.7. The van der Waals surface area contributed by atoms with Gasteiger partial charge < -0.3 is 29.0 Å². The number of carbonyl (C=O) groups is 2. The third kappa shape index (κ3) is 11.6. The summed E-state index contributed by atoms with van der Waals surface area (Å²) < 4.78 is 33.5. The van der Waals surface area contributed by atoms with E-state index in [9.17, 15) is 38.7 Å². The Hall–Kier alpha value is -1.83. The number of phenolic OH excluding ortho intramolecular Hbond substituents is 2. The molecule has 0 aromatic heterocycles. The smallest absolute Gasteiger partial charge is 0.399 e. The van der Waals surface area contributed by atoms with Crippen LogP contribution in [0.25, 0.3) is 0 Å². The van der Waals surface area contributed by atoms with Crippen molar-refractivity contribution in [2.24, 2.45) is 0 Å². The summed E-state index contributed by atoms with van der Waals surface area (Å²) >= 11 is 0. The van der Waals surface area contributed by atoms with Gasteiger partial charge in [0.15, 0.2) is 0 Å². The number of hydrogen-bond acceptors (Lipinski definition) is 8. The predicted molar refractivity (Wildman–Crippen MR) is 183 cm³/mol. The zero-order chi connectivity index (χ0) is 36.4. The quantitative estimate of drug-likeness (QED) is 0.152. The summed E-state index contributed by atoms with van der Waals surface area (Å²) in [6.07, 6.45) is 0. The summed E-state index contributed by atoms with van der Waals surface area (Å²) in [6, 6.07) is 5.92. The Bertz CT molecular complexity index is 1350. The number of phenols is 2. The van der Waals surface area contributed by atoms with Gasteiger partial charge in [-0.25, -0.2) is 0 Å². The Kier molecular flexibility index (Phi) is 15.2. The molecule has 0 saturated heterocycles. The summed E-state index contributed by atoms with van der Waals surface area (Å²) in [6.45, 7) is 25.9. The van der Waals surface area contributed by atoms with Gasteiger partial charge in [-0.2, -0.15) is 0 Å². The molecule has 0 fully saturated rings. The SMILES string of the molecule is CCOP(=O)(O)C(=O)c1cc(C(C)(C)C)c(O)c(C(C)(C)C)c1.CCOP(=O)(O)C(=O)c1cc(C(C)(C)C)c(O)c(C(C)(C)C)c1.[Ni]. The number of hydrogen-bond donors (Lipinski definition) is 4. The van der Waals surface area contributed by atoms with Crippen molar-refractivity contribution in [3.63, 3.8) is 0 Å². The Morgan fingerprint density at radius 1 is 0.553 bits per heavy atom. The van der Waals surface area contributed by atoms with Crippen LogP contribution in [0.5, 0.6) is 11.5 Å². The van der Waals surface area contributed by atoms with Crippen LogP contribution in [0.15, 0.2) is 24.3 Å². The van der Waals surface area contributed by atoms with E-state index in [1.165, 1.54) is 24.3 Å². The molecule has 2 aromatic rings. The van der Waals surface area contributed by atoms with Crippen LogP contribution in [0.2, 0.25) is 0 Å². The van der Waals surface area contributed by atoms with E-state index in [1.807, 2.05) is 83.1 Å². The molecule has 13 heteroatoms. The van der Waals surface area contributed by atoms with Gasteiger partial charge in [0.2, 0.25) is 0 Å². The van der Waals surface area contributed by atoms with Crippen LogP contribution in [0, 0.1) is 0 Å². The van der Waals surface area contributed by atoms with Gasteiger partial charge >= 0.3 is 15.2 Å². The number of carbonyl (C=O) groups excluding carboxylic acids is 2. The van der Waals surface area contributed by atoms with Crippen molar-refractivity contribution in [2.45, 2.75) is 119 Å². The first kappa shape index (κ1) is 45.2. The zero-order valence-electron chi connectivity index (χ0n) is 30.2. The fourth-order valence-electron chi connectivity index (χ4n) is 4.60. The maximum atomic E-state index is 12.4. The summed E-state index contributed by atoms with van der Waals surface area (Å²) in [4.78, 5) is 44.4. The molecule has 10 nitrogen and oxygen atoms in total. The molecule has 0 aliphatic rings. The summed E-state index contributed by atoms with van der Waals surface area (Å²) in [5.74, 6) is 0.233. The fourth-order valence-corrected chi connectivity index (χ4v) is 6.44. The van der Waals surface area contributed by atoms with E-state index in [0.29, 0.717) is 22.3 Å². The Morgan fingerprint density at radius 2 is 0.745 bits per heavy atom. The van der Waals surface area contributed by atoms with Gasteiger partial charge in [0.1, 0.15) is 11.5 Å². The van der Waals surface area contributed by atoms with E-state index in [-0.39, 0.29) is 52.3 Å². The van der Waals surface area contributed by atoms with Gasteiger partial charge in [0.25, 0.3) is 11.0 Å². The average Bonchev–Trinajstić information content (AvgIpc) is 2.85. The second-order valence-electron chi connectivity index (χ2n) is 15.3. The van der Waals surface area contributed by atoms with E-state index in [4.69, 9.17) is 9.05 Å². The minimum absolute atomic E-state index is 0. The van der Waals surface area contributed by atoms with Crippen molar-refractivity contribution >= 4 is 26.2 Å². The topological polar surface area (TPSA) is 168 Å². The van der Waals surface area contributed by atoms with E-state index >= 15 is 0 Å². The first-order valence-corrected chi connectivity index (χ1v) is 18.4. The molecule has 0 amide bonds. The van der Waals surface area contributed by atoms with Crippen molar-refractivity contribution in [2.75, 3.05) is 13.2 Å². The zero-order valence-corrected chi connectivity index (χ0v) is 32.9. The van der Waals surface area contributed by atoms with Crippen molar-refractivity contribution in [3.8, 4) is 11.5 Å². The van der Waals surface area contributed by atoms with Gasteiger partial charge in [0.05, 0.1) is 13.2 Å². The van der Waals surface area contributed by atoms with E-state index in [1.54, 1.807) is 13.8 Å². The number of aromatic hydroxyl groups is 2. The molecule has 2 rings (SSSR count). The average molecular weight is 743 g/mol. The Balaban J connectivity index is 0.000000882. The molecule has 2 unspecified atom stereocenters. The van der Waals surface area contributed by atoms with E-state index in [0.717, 1.165) is 0 Å². The van der Waals surface area contributed by atoms with Crippen LogP contribution >= 0.6 is 15.2 Å². The first-order valence-electron chi connectivity index (χ1n) is 15.2. The molecule has 0 aliphatic heterocycles.